The zero-order chi connectivity index (χ0) is 17.9. The first-order valence-electron chi connectivity index (χ1n) is 8.16. The number of hydrogen-bond acceptors (Lipinski definition) is 4. The van der Waals surface area contributed by atoms with Gasteiger partial charge in [-0.15, -0.1) is 0 Å². The van der Waals surface area contributed by atoms with Crippen molar-refractivity contribution in [3.05, 3.63) is 82.3 Å². The Morgan fingerprint density at radius 1 is 1.04 bits per heavy atom. The van der Waals surface area contributed by atoms with Gasteiger partial charge in [0.05, 0.1) is 0 Å². The Morgan fingerprint density at radius 3 is 2.69 bits per heavy atom. The highest BCUT2D eigenvalue weighted by molar-refractivity contribution is 6.00. The van der Waals surface area contributed by atoms with Crippen LogP contribution in [0.3, 0.4) is 0 Å². The van der Waals surface area contributed by atoms with Crippen molar-refractivity contribution in [3.8, 4) is 22.6 Å². The van der Waals surface area contributed by atoms with Crippen molar-refractivity contribution in [2.45, 2.75) is 6.54 Å². The number of pyridine rings is 1. The summed E-state index contributed by atoms with van der Waals surface area (Å²) in [5, 5.41) is 2.80. The Morgan fingerprint density at radius 2 is 1.85 bits per heavy atom. The molecule has 0 spiro atoms. The van der Waals surface area contributed by atoms with Crippen LogP contribution < -0.4 is 20.3 Å². The SMILES string of the molecule is O=C(NCc1ccc2c(c1)OCO2)c1c(-c2ccccc2)cc[nH]c1=O. The standard InChI is InChI=1S/C20H16N2O4/c23-19-18(15(8-9-21-19)14-4-2-1-3-5-14)20(24)22-11-13-6-7-16-17(10-13)26-12-25-16/h1-10H,11-12H2,(H,21,23)(H,22,24). The van der Waals surface area contributed by atoms with Crippen LogP contribution in [0.4, 0.5) is 0 Å². The van der Waals surface area contributed by atoms with Crippen molar-refractivity contribution in [2.75, 3.05) is 6.79 Å². The molecule has 6 heteroatoms. The summed E-state index contributed by atoms with van der Waals surface area (Å²) >= 11 is 0. The summed E-state index contributed by atoms with van der Waals surface area (Å²) in [4.78, 5) is 27.5. The van der Waals surface area contributed by atoms with Crippen LogP contribution in [-0.2, 0) is 6.54 Å². The van der Waals surface area contributed by atoms with Crippen LogP contribution in [0.1, 0.15) is 15.9 Å². The van der Waals surface area contributed by atoms with Gasteiger partial charge in [0, 0.05) is 18.3 Å². The Hall–Kier alpha value is -3.54. The predicted octanol–water partition coefficient (Wildman–Crippen LogP) is 2.70. The second-order valence-corrected chi connectivity index (χ2v) is 5.83. The van der Waals surface area contributed by atoms with Crippen LogP contribution in [0.5, 0.6) is 11.5 Å². The number of amides is 1. The molecule has 0 radical (unpaired) electrons. The van der Waals surface area contributed by atoms with E-state index in [0.29, 0.717) is 17.1 Å². The molecule has 0 bridgehead atoms. The quantitative estimate of drug-likeness (QED) is 0.760. The molecular weight excluding hydrogens is 332 g/mol. The van der Waals surface area contributed by atoms with Crippen LogP contribution in [-0.4, -0.2) is 17.7 Å². The number of carbonyl (C=O) groups is 1. The number of benzene rings is 2. The summed E-state index contributed by atoms with van der Waals surface area (Å²) < 4.78 is 10.6. The average Bonchev–Trinajstić information content (AvgIpc) is 3.14. The lowest BCUT2D eigenvalue weighted by atomic mass is 10.0. The van der Waals surface area contributed by atoms with E-state index in [2.05, 4.69) is 10.3 Å². The molecule has 2 N–H and O–H groups in total. The van der Waals surface area contributed by atoms with Gasteiger partial charge in [0.2, 0.25) is 6.79 Å². The fourth-order valence-corrected chi connectivity index (χ4v) is 2.88. The molecule has 4 rings (SSSR count). The smallest absolute Gasteiger partial charge is 0.261 e. The normalized spacial score (nSPS) is 12.0. The molecule has 2 aromatic carbocycles. The number of aromatic amines is 1. The number of hydrogen-bond donors (Lipinski definition) is 2. The Balaban J connectivity index is 1.58. The minimum atomic E-state index is -0.427. The highest BCUT2D eigenvalue weighted by atomic mass is 16.7. The van der Waals surface area contributed by atoms with Gasteiger partial charge < -0.3 is 19.8 Å². The first-order valence-corrected chi connectivity index (χ1v) is 8.16. The van der Waals surface area contributed by atoms with Crippen molar-refractivity contribution in [2.24, 2.45) is 0 Å². The molecule has 130 valence electrons. The lowest BCUT2D eigenvalue weighted by Gasteiger charge is -2.10. The number of ether oxygens (including phenoxy) is 2. The Bertz CT molecular complexity index is 1010. The number of nitrogens with one attached hydrogen (secondary N) is 2. The molecule has 1 aliphatic heterocycles. The largest absolute Gasteiger partial charge is 0.454 e. The predicted molar refractivity (Wildman–Crippen MR) is 96.2 cm³/mol. The van der Waals surface area contributed by atoms with Crippen molar-refractivity contribution >= 4 is 5.91 Å². The molecule has 0 fully saturated rings. The topological polar surface area (TPSA) is 80.4 Å². The number of fused-ring (bicyclic) bond motifs is 1. The zero-order valence-corrected chi connectivity index (χ0v) is 13.8. The molecule has 0 saturated carbocycles. The van der Waals surface area contributed by atoms with Gasteiger partial charge in [-0.05, 0) is 29.3 Å². The van der Waals surface area contributed by atoms with Gasteiger partial charge in [0.25, 0.3) is 11.5 Å². The van der Waals surface area contributed by atoms with E-state index in [-0.39, 0.29) is 18.9 Å². The average molecular weight is 348 g/mol. The molecule has 6 nitrogen and oxygen atoms in total. The number of aromatic nitrogens is 1. The summed E-state index contributed by atoms with van der Waals surface area (Å²) in [6, 6.07) is 16.5. The third kappa shape index (κ3) is 3.04. The Kier molecular flexibility index (Phi) is 4.15. The van der Waals surface area contributed by atoms with Gasteiger partial charge >= 0.3 is 0 Å². The minimum Gasteiger partial charge on any atom is -0.454 e. The van der Waals surface area contributed by atoms with Crippen molar-refractivity contribution in [1.29, 1.82) is 0 Å². The van der Waals surface area contributed by atoms with E-state index in [0.717, 1.165) is 11.1 Å². The van der Waals surface area contributed by atoms with Gasteiger partial charge in [-0.1, -0.05) is 36.4 Å². The first kappa shape index (κ1) is 16.0. The molecule has 1 aromatic heterocycles. The van der Waals surface area contributed by atoms with Gasteiger partial charge in [-0.25, -0.2) is 0 Å². The monoisotopic (exact) mass is 348 g/mol. The maximum absolute atomic E-state index is 12.7. The van der Waals surface area contributed by atoms with Crippen LogP contribution >= 0.6 is 0 Å². The van der Waals surface area contributed by atoms with E-state index in [4.69, 9.17) is 9.47 Å². The third-order valence-corrected chi connectivity index (χ3v) is 4.16. The van der Waals surface area contributed by atoms with Crippen molar-refractivity contribution in [1.82, 2.24) is 10.3 Å². The molecule has 1 aliphatic rings. The molecule has 2 heterocycles. The third-order valence-electron chi connectivity index (χ3n) is 4.16. The molecule has 0 atom stereocenters. The van der Waals surface area contributed by atoms with Crippen LogP contribution in [0.15, 0.2) is 65.6 Å². The van der Waals surface area contributed by atoms with Crippen molar-refractivity contribution in [3.63, 3.8) is 0 Å². The van der Waals surface area contributed by atoms with Gasteiger partial charge in [0.1, 0.15) is 5.56 Å². The molecule has 1 amide bonds. The summed E-state index contributed by atoms with van der Waals surface area (Å²) in [6.45, 7) is 0.475. The van der Waals surface area contributed by atoms with Gasteiger partial charge in [-0.2, -0.15) is 0 Å². The fraction of sp³-hybridized carbons (Fsp3) is 0.100. The number of H-pyrrole nitrogens is 1. The van der Waals surface area contributed by atoms with E-state index >= 15 is 0 Å². The van der Waals surface area contributed by atoms with Gasteiger partial charge in [-0.3, -0.25) is 9.59 Å². The van der Waals surface area contributed by atoms with E-state index in [1.807, 2.05) is 42.5 Å². The van der Waals surface area contributed by atoms with E-state index < -0.39 is 11.5 Å². The van der Waals surface area contributed by atoms with E-state index in [9.17, 15) is 9.59 Å². The molecule has 0 saturated heterocycles. The highest BCUT2D eigenvalue weighted by Gasteiger charge is 2.18. The van der Waals surface area contributed by atoms with E-state index in [1.165, 1.54) is 0 Å². The lowest BCUT2D eigenvalue weighted by molar-refractivity contribution is 0.0950. The van der Waals surface area contributed by atoms with Gasteiger partial charge in [0.15, 0.2) is 11.5 Å². The summed E-state index contributed by atoms with van der Waals surface area (Å²) in [5.74, 6) is 0.911. The first-order chi connectivity index (χ1) is 12.7. The van der Waals surface area contributed by atoms with Crippen molar-refractivity contribution < 1.29 is 14.3 Å². The summed E-state index contributed by atoms with van der Waals surface area (Å²) in [5.41, 5.74) is 1.94. The molecular formula is C20H16N2O4. The Labute approximate surface area is 149 Å². The second kappa shape index (κ2) is 6.76. The molecule has 3 aromatic rings. The molecule has 0 aliphatic carbocycles. The summed E-state index contributed by atoms with van der Waals surface area (Å²) in [7, 11) is 0. The minimum absolute atomic E-state index is 0.0967. The van der Waals surface area contributed by atoms with Crippen LogP contribution in [0.2, 0.25) is 0 Å². The van der Waals surface area contributed by atoms with Crippen LogP contribution in [0, 0.1) is 0 Å². The zero-order valence-electron chi connectivity index (χ0n) is 13.8. The number of rotatable bonds is 4. The van der Waals surface area contributed by atoms with Crippen LogP contribution in [0.25, 0.3) is 11.1 Å². The maximum atomic E-state index is 12.7. The maximum Gasteiger partial charge on any atom is 0.261 e. The highest BCUT2D eigenvalue weighted by Crippen LogP contribution is 2.32. The molecule has 0 unspecified atom stereocenters. The second-order valence-electron chi connectivity index (χ2n) is 5.83. The van der Waals surface area contributed by atoms with E-state index in [1.54, 1.807) is 18.3 Å². The molecule has 26 heavy (non-hydrogen) atoms. The number of carbonyl (C=O) groups excluding carboxylic acids is 1. The fourth-order valence-electron chi connectivity index (χ4n) is 2.88. The summed E-state index contributed by atoms with van der Waals surface area (Å²) in [6.07, 6.45) is 1.54. The lowest BCUT2D eigenvalue weighted by Crippen LogP contribution is -2.30.